The lowest BCUT2D eigenvalue weighted by atomic mass is 9.94. The predicted octanol–water partition coefficient (Wildman–Crippen LogP) is 5.02. The summed E-state index contributed by atoms with van der Waals surface area (Å²) in [5.74, 6) is 0. The highest BCUT2D eigenvalue weighted by atomic mass is 35.5. The highest BCUT2D eigenvalue weighted by Gasteiger charge is 2.22. The van der Waals surface area contributed by atoms with E-state index in [2.05, 4.69) is 36.2 Å². The Morgan fingerprint density at radius 3 is 2.45 bits per heavy atom. The van der Waals surface area contributed by atoms with Crippen molar-refractivity contribution in [2.45, 2.75) is 45.6 Å². The maximum atomic E-state index is 6.11. The van der Waals surface area contributed by atoms with E-state index in [1.807, 2.05) is 6.07 Å². The van der Waals surface area contributed by atoms with E-state index in [9.17, 15) is 0 Å². The third kappa shape index (κ3) is 6.25. The maximum Gasteiger partial charge on any atom is 0.0408 e. The molecule has 0 aliphatic carbocycles. The Bertz CT molecular complexity index is 420. The Morgan fingerprint density at radius 1 is 1.18 bits per heavy atom. The van der Waals surface area contributed by atoms with Crippen LogP contribution in [0.15, 0.2) is 18.2 Å². The molecule has 1 fully saturated rings. The van der Waals surface area contributed by atoms with Crippen LogP contribution >= 0.6 is 36.4 Å². The molecule has 0 unspecified atom stereocenters. The van der Waals surface area contributed by atoms with E-state index < -0.39 is 0 Å². The molecule has 0 radical (unpaired) electrons. The van der Waals surface area contributed by atoms with Crippen molar-refractivity contribution in [3.63, 3.8) is 0 Å². The number of rotatable bonds is 6. The number of benzene rings is 1. The summed E-state index contributed by atoms with van der Waals surface area (Å²) < 4.78 is 0. The molecular formula is C17H29Cl3N2. The summed E-state index contributed by atoms with van der Waals surface area (Å²) in [6, 6.07) is 6.93. The van der Waals surface area contributed by atoms with Gasteiger partial charge in [0.25, 0.3) is 0 Å². The zero-order valence-corrected chi connectivity index (χ0v) is 16.0. The third-order valence-corrected chi connectivity index (χ3v) is 4.50. The molecule has 22 heavy (non-hydrogen) atoms. The Morgan fingerprint density at radius 2 is 1.86 bits per heavy atom. The molecule has 1 N–H and O–H groups in total. The van der Waals surface area contributed by atoms with Crippen LogP contribution in [0.4, 0.5) is 0 Å². The Labute approximate surface area is 152 Å². The molecule has 1 aliphatic rings. The predicted molar refractivity (Wildman–Crippen MR) is 102 cm³/mol. The van der Waals surface area contributed by atoms with E-state index in [0.717, 1.165) is 31.2 Å². The number of piperazine rings is 1. The lowest BCUT2D eigenvalue weighted by Gasteiger charge is -2.36. The lowest BCUT2D eigenvalue weighted by Crippen LogP contribution is -2.45. The molecule has 0 bridgehead atoms. The van der Waals surface area contributed by atoms with Gasteiger partial charge in [0, 0.05) is 37.2 Å². The van der Waals surface area contributed by atoms with E-state index in [-0.39, 0.29) is 24.8 Å². The molecule has 128 valence electrons. The largest absolute Gasteiger partial charge is 0.314 e. The minimum Gasteiger partial charge on any atom is -0.314 e. The van der Waals surface area contributed by atoms with Gasteiger partial charge in [0.2, 0.25) is 0 Å². The van der Waals surface area contributed by atoms with Gasteiger partial charge in [-0.3, -0.25) is 4.90 Å². The molecule has 0 saturated carbocycles. The van der Waals surface area contributed by atoms with Crippen molar-refractivity contribution in [1.82, 2.24) is 10.2 Å². The van der Waals surface area contributed by atoms with Gasteiger partial charge >= 0.3 is 0 Å². The third-order valence-electron chi connectivity index (χ3n) is 4.26. The van der Waals surface area contributed by atoms with E-state index in [4.69, 9.17) is 11.6 Å². The molecule has 2 nitrogen and oxygen atoms in total. The van der Waals surface area contributed by atoms with E-state index in [0.29, 0.717) is 6.04 Å². The van der Waals surface area contributed by atoms with Crippen molar-refractivity contribution in [2.24, 2.45) is 0 Å². The molecule has 1 aliphatic heterocycles. The zero-order chi connectivity index (χ0) is 14.4. The molecule has 5 heteroatoms. The van der Waals surface area contributed by atoms with Gasteiger partial charge < -0.3 is 5.32 Å². The standard InChI is InChI=1S/C17H27ClN2.2ClH/c1-3-4-5-6-17(20-11-9-19-10-12-20)16-8-7-15(18)13-14(16)2;;/h7-8,13,17,19H,3-6,9-12H2,1-2H3;2*1H/t17-;;/m1../s1. The summed E-state index contributed by atoms with van der Waals surface area (Å²) in [6.45, 7) is 8.98. The number of nitrogens with one attached hydrogen (secondary N) is 1. The first-order chi connectivity index (χ1) is 9.72. The lowest BCUT2D eigenvalue weighted by molar-refractivity contribution is 0.162. The molecule has 0 amide bonds. The Hall–Kier alpha value is 0.01000. The summed E-state index contributed by atoms with van der Waals surface area (Å²) in [4.78, 5) is 2.64. The molecular weight excluding hydrogens is 339 g/mol. The van der Waals surface area contributed by atoms with Gasteiger partial charge in [0.05, 0.1) is 0 Å². The van der Waals surface area contributed by atoms with Gasteiger partial charge in [-0.2, -0.15) is 0 Å². The van der Waals surface area contributed by atoms with Crippen LogP contribution in [0.3, 0.4) is 0 Å². The minimum atomic E-state index is 0. The minimum absolute atomic E-state index is 0. The van der Waals surface area contributed by atoms with Gasteiger partial charge in [0.1, 0.15) is 0 Å². The molecule has 1 heterocycles. The van der Waals surface area contributed by atoms with Crippen LogP contribution in [-0.2, 0) is 0 Å². The molecule has 1 aromatic carbocycles. The first-order valence-corrected chi connectivity index (χ1v) is 8.31. The van der Waals surface area contributed by atoms with E-state index in [1.54, 1.807) is 0 Å². The van der Waals surface area contributed by atoms with Crippen LogP contribution in [0.5, 0.6) is 0 Å². The number of hydrogen-bond acceptors (Lipinski definition) is 2. The van der Waals surface area contributed by atoms with Crippen LogP contribution in [0.25, 0.3) is 0 Å². The average Bonchev–Trinajstić information content (AvgIpc) is 2.46. The van der Waals surface area contributed by atoms with Crippen molar-refractivity contribution in [3.05, 3.63) is 34.3 Å². The van der Waals surface area contributed by atoms with Crippen molar-refractivity contribution in [2.75, 3.05) is 26.2 Å². The number of hydrogen-bond donors (Lipinski definition) is 1. The number of nitrogens with zero attached hydrogens (tertiary/aromatic N) is 1. The second-order valence-corrected chi connectivity index (χ2v) is 6.23. The number of halogens is 3. The van der Waals surface area contributed by atoms with Crippen molar-refractivity contribution in [1.29, 1.82) is 0 Å². The first kappa shape index (κ1) is 22.0. The second kappa shape index (κ2) is 11.5. The molecule has 2 rings (SSSR count). The van der Waals surface area contributed by atoms with Crippen molar-refractivity contribution < 1.29 is 0 Å². The summed E-state index contributed by atoms with van der Waals surface area (Å²) in [5, 5.41) is 4.30. The molecule has 1 saturated heterocycles. The van der Waals surface area contributed by atoms with Crippen LogP contribution in [0.1, 0.15) is 49.8 Å². The highest BCUT2D eigenvalue weighted by molar-refractivity contribution is 6.30. The molecule has 0 aromatic heterocycles. The van der Waals surface area contributed by atoms with Gasteiger partial charge in [-0.25, -0.2) is 0 Å². The SMILES string of the molecule is CCCCC[C@H](c1ccc(Cl)cc1C)N1CCNCC1.Cl.Cl. The van der Waals surface area contributed by atoms with Gasteiger partial charge in [-0.1, -0.05) is 43.9 Å². The quantitative estimate of drug-likeness (QED) is 0.710. The Balaban J connectivity index is 0.00000220. The first-order valence-electron chi connectivity index (χ1n) is 7.93. The van der Waals surface area contributed by atoms with Crippen LogP contribution in [-0.4, -0.2) is 31.1 Å². The summed E-state index contributed by atoms with van der Waals surface area (Å²) in [5.41, 5.74) is 2.80. The molecule has 1 aromatic rings. The molecule has 1 atom stereocenters. The number of unbranched alkanes of at least 4 members (excludes halogenated alkanes) is 2. The highest BCUT2D eigenvalue weighted by Crippen LogP contribution is 2.30. The second-order valence-electron chi connectivity index (χ2n) is 5.80. The fourth-order valence-electron chi connectivity index (χ4n) is 3.13. The fraction of sp³-hybridized carbons (Fsp3) is 0.647. The Kier molecular flexibility index (Phi) is 11.5. The van der Waals surface area contributed by atoms with E-state index in [1.165, 1.54) is 36.8 Å². The maximum absolute atomic E-state index is 6.11. The normalized spacial score (nSPS) is 16.5. The summed E-state index contributed by atoms with van der Waals surface area (Å²) in [6.07, 6.45) is 5.19. The van der Waals surface area contributed by atoms with Crippen molar-refractivity contribution in [3.8, 4) is 0 Å². The van der Waals surface area contributed by atoms with E-state index >= 15 is 0 Å². The topological polar surface area (TPSA) is 15.3 Å². The summed E-state index contributed by atoms with van der Waals surface area (Å²) >= 11 is 6.11. The van der Waals surface area contributed by atoms with Crippen molar-refractivity contribution >= 4 is 36.4 Å². The fourth-order valence-corrected chi connectivity index (χ4v) is 3.36. The van der Waals surface area contributed by atoms with Gasteiger partial charge in [0.15, 0.2) is 0 Å². The van der Waals surface area contributed by atoms with Crippen LogP contribution in [0, 0.1) is 6.92 Å². The van der Waals surface area contributed by atoms with Gasteiger partial charge in [-0.15, -0.1) is 24.8 Å². The summed E-state index contributed by atoms with van der Waals surface area (Å²) in [7, 11) is 0. The zero-order valence-electron chi connectivity index (χ0n) is 13.6. The van der Waals surface area contributed by atoms with Crippen LogP contribution in [0.2, 0.25) is 5.02 Å². The molecule has 0 spiro atoms. The monoisotopic (exact) mass is 366 g/mol. The smallest absolute Gasteiger partial charge is 0.0408 e. The number of aryl methyl sites for hydroxylation is 1. The van der Waals surface area contributed by atoms with Crippen LogP contribution < -0.4 is 5.32 Å². The average molecular weight is 368 g/mol. The van der Waals surface area contributed by atoms with Gasteiger partial charge in [-0.05, 0) is 36.6 Å².